The fourth-order valence-corrected chi connectivity index (χ4v) is 6.02. The van der Waals surface area contributed by atoms with Crippen molar-refractivity contribution >= 4 is 32.1 Å². The maximum Gasteiger partial charge on any atom is 0.182 e. The van der Waals surface area contributed by atoms with Crippen LogP contribution in [0.1, 0.15) is 26.7 Å². The lowest BCUT2D eigenvalue weighted by Crippen LogP contribution is -2.38. The molecule has 0 aliphatic carbocycles. The molecule has 0 aromatic heterocycles. The van der Waals surface area contributed by atoms with Crippen LogP contribution < -0.4 is 5.32 Å². The van der Waals surface area contributed by atoms with Crippen molar-refractivity contribution in [2.24, 2.45) is 0 Å². The summed E-state index contributed by atoms with van der Waals surface area (Å²) in [6.07, 6.45) is 1.47. The molecule has 1 aromatic carbocycles. The molecule has 2 rings (SSSR count). The van der Waals surface area contributed by atoms with Crippen molar-refractivity contribution in [3.63, 3.8) is 0 Å². The first-order valence-corrected chi connectivity index (χ1v) is 12.0. The van der Waals surface area contributed by atoms with Gasteiger partial charge in [-0.05, 0) is 56.7 Å². The summed E-state index contributed by atoms with van der Waals surface area (Å²) in [5.41, 5.74) is 0. The second kappa shape index (κ2) is 10.0. The smallest absolute Gasteiger partial charge is 0.182 e. The minimum atomic E-state index is -3.42. The molecule has 1 saturated heterocycles. The van der Waals surface area contributed by atoms with Gasteiger partial charge in [0.1, 0.15) is 0 Å². The Kier molecular flexibility index (Phi) is 9.02. The third-order valence-corrected chi connectivity index (χ3v) is 8.69. The van der Waals surface area contributed by atoms with Gasteiger partial charge in [-0.25, -0.2) is 16.8 Å². The Hall–Kier alpha value is -0.670. The molecule has 1 aliphatic heterocycles. The third-order valence-electron chi connectivity index (χ3n) is 4.77. The number of piperidine rings is 1. The fraction of sp³-hybridized carbons (Fsp3) is 0.647. The van der Waals surface area contributed by atoms with Gasteiger partial charge in [0, 0.05) is 13.1 Å². The maximum absolute atomic E-state index is 12.6. The summed E-state index contributed by atoms with van der Waals surface area (Å²) in [5, 5.41) is 2.67. The Morgan fingerprint density at radius 3 is 2.12 bits per heavy atom. The molecule has 26 heavy (non-hydrogen) atoms. The largest absolute Gasteiger partial charge is 0.315 e. The quantitative estimate of drug-likeness (QED) is 0.684. The van der Waals surface area contributed by atoms with Crippen LogP contribution in [0.3, 0.4) is 0 Å². The van der Waals surface area contributed by atoms with E-state index in [1.165, 1.54) is 24.3 Å². The predicted octanol–water partition coefficient (Wildman–Crippen LogP) is 1.75. The Labute approximate surface area is 163 Å². The summed E-state index contributed by atoms with van der Waals surface area (Å²) in [7, 11) is -6.83. The van der Waals surface area contributed by atoms with E-state index in [-0.39, 0.29) is 28.0 Å². The van der Waals surface area contributed by atoms with E-state index in [4.69, 9.17) is 0 Å². The number of rotatable bonds is 8. The fourth-order valence-electron chi connectivity index (χ4n) is 3.02. The molecule has 0 amide bonds. The van der Waals surface area contributed by atoms with Crippen LogP contribution in [0.25, 0.3) is 0 Å². The van der Waals surface area contributed by atoms with Gasteiger partial charge in [-0.3, -0.25) is 0 Å². The number of hydrogen-bond donors (Lipinski definition) is 1. The van der Waals surface area contributed by atoms with E-state index in [9.17, 15) is 16.8 Å². The Morgan fingerprint density at radius 1 is 1.04 bits per heavy atom. The van der Waals surface area contributed by atoms with Gasteiger partial charge in [0.05, 0.1) is 20.8 Å². The predicted molar refractivity (Wildman–Crippen MR) is 107 cm³/mol. The average Bonchev–Trinajstić information content (AvgIpc) is 2.63. The summed E-state index contributed by atoms with van der Waals surface area (Å²) in [6, 6.07) is 5.68. The number of nitrogens with zero attached hydrogens (tertiary/aromatic N) is 1. The van der Waals surface area contributed by atoms with Crippen LogP contribution >= 0.6 is 12.4 Å². The average molecular weight is 425 g/mol. The van der Waals surface area contributed by atoms with Crippen molar-refractivity contribution in [1.29, 1.82) is 0 Å². The molecule has 0 radical (unpaired) electrons. The van der Waals surface area contributed by atoms with Gasteiger partial charge in [-0.1, -0.05) is 13.8 Å². The van der Waals surface area contributed by atoms with Crippen molar-refractivity contribution in [3.05, 3.63) is 24.3 Å². The van der Waals surface area contributed by atoms with Crippen LogP contribution in [0.4, 0.5) is 0 Å². The molecule has 1 unspecified atom stereocenters. The van der Waals surface area contributed by atoms with Gasteiger partial charge in [-0.2, -0.15) is 0 Å². The number of halogens is 1. The van der Waals surface area contributed by atoms with Crippen molar-refractivity contribution in [3.8, 4) is 0 Å². The molecule has 1 aromatic rings. The Morgan fingerprint density at radius 2 is 1.62 bits per heavy atom. The molecule has 1 atom stereocenters. The second-order valence-electron chi connectivity index (χ2n) is 6.33. The molecule has 1 aliphatic rings. The number of benzene rings is 1. The van der Waals surface area contributed by atoms with Crippen molar-refractivity contribution in [2.75, 3.05) is 38.5 Å². The normalized spacial score (nSPS) is 18.5. The van der Waals surface area contributed by atoms with E-state index in [0.29, 0.717) is 19.5 Å². The lowest BCUT2D eigenvalue weighted by Gasteiger charge is -2.23. The summed E-state index contributed by atoms with van der Waals surface area (Å²) in [6.45, 7) is 7.37. The van der Waals surface area contributed by atoms with E-state index in [0.717, 1.165) is 26.1 Å². The lowest BCUT2D eigenvalue weighted by molar-refractivity contribution is 0.321. The maximum atomic E-state index is 12.6. The van der Waals surface area contributed by atoms with E-state index in [1.807, 2.05) is 18.7 Å². The summed E-state index contributed by atoms with van der Waals surface area (Å²) < 4.78 is 50.2. The molecule has 1 fully saturated rings. The first kappa shape index (κ1) is 23.4. The van der Waals surface area contributed by atoms with Crippen LogP contribution in [0, 0.1) is 0 Å². The van der Waals surface area contributed by atoms with E-state index in [2.05, 4.69) is 5.32 Å². The van der Waals surface area contributed by atoms with Gasteiger partial charge < -0.3 is 10.2 Å². The van der Waals surface area contributed by atoms with Gasteiger partial charge in [0.15, 0.2) is 19.7 Å². The molecule has 150 valence electrons. The van der Waals surface area contributed by atoms with Gasteiger partial charge in [-0.15, -0.1) is 12.4 Å². The highest BCUT2D eigenvalue weighted by atomic mass is 35.5. The molecule has 1 N–H and O–H groups in total. The van der Waals surface area contributed by atoms with Crippen LogP contribution in [-0.2, 0) is 19.7 Å². The van der Waals surface area contributed by atoms with Gasteiger partial charge in [0.2, 0.25) is 0 Å². The van der Waals surface area contributed by atoms with E-state index >= 15 is 0 Å². The zero-order valence-electron chi connectivity index (χ0n) is 15.3. The second-order valence-corrected chi connectivity index (χ2v) is 10.7. The molecule has 9 heteroatoms. The molecular formula is C17H29ClN2O4S2. The number of nitrogens with one attached hydrogen (secondary N) is 1. The van der Waals surface area contributed by atoms with Crippen molar-refractivity contribution < 1.29 is 16.8 Å². The van der Waals surface area contributed by atoms with Crippen LogP contribution in [0.15, 0.2) is 34.1 Å². The molecule has 6 nitrogen and oxygen atoms in total. The lowest BCUT2D eigenvalue weighted by atomic mass is 10.2. The highest BCUT2D eigenvalue weighted by Gasteiger charge is 2.29. The van der Waals surface area contributed by atoms with Crippen LogP contribution in [-0.4, -0.2) is 65.5 Å². The van der Waals surface area contributed by atoms with Crippen LogP contribution in [0.2, 0.25) is 0 Å². The summed E-state index contributed by atoms with van der Waals surface area (Å²) in [4.78, 5) is 2.43. The van der Waals surface area contributed by atoms with E-state index in [1.54, 1.807) is 0 Å². The first-order chi connectivity index (χ1) is 11.8. The zero-order valence-corrected chi connectivity index (χ0v) is 17.8. The molecule has 0 spiro atoms. The molecule has 1 heterocycles. The third kappa shape index (κ3) is 5.66. The van der Waals surface area contributed by atoms with Crippen molar-refractivity contribution in [1.82, 2.24) is 10.2 Å². The Bertz CT molecular complexity index is 754. The standard InChI is InChI=1S/C17H28N2O4S2.ClH/c1-3-19(4-2)12-13-24(20,21)15-7-9-16(10-8-15)25(22,23)17-6-5-11-18-14-17;/h7-10,17-18H,3-6,11-14H2,1-2H3;1H. The highest BCUT2D eigenvalue weighted by molar-refractivity contribution is 7.92. The minimum absolute atomic E-state index is 0. The first-order valence-electron chi connectivity index (χ1n) is 8.81. The van der Waals surface area contributed by atoms with Crippen LogP contribution in [0.5, 0.6) is 0 Å². The van der Waals surface area contributed by atoms with Gasteiger partial charge in [0.25, 0.3) is 0 Å². The number of hydrogen-bond acceptors (Lipinski definition) is 6. The Balaban J connectivity index is 0.00000338. The minimum Gasteiger partial charge on any atom is -0.315 e. The molecular weight excluding hydrogens is 396 g/mol. The molecule has 0 saturated carbocycles. The topological polar surface area (TPSA) is 83.6 Å². The monoisotopic (exact) mass is 424 g/mol. The van der Waals surface area contributed by atoms with Gasteiger partial charge >= 0.3 is 0 Å². The summed E-state index contributed by atoms with van der Waals surface area (Å²) >= 11 is 0. The molecule has 0 bridgehead atoms. The van der Waals surface area contributed by atoms with Crippen molar-refractivity contribution in [2.45, 2.75) is 41.7 Å². The van der Waals surface area contributed by atoms with E-state index < -0.39 is 24.9 Å². The SMILES string of the molecule is CCN(CC)CCS(=O)(=O)c1ccc(S(=O)(=O)C2CCCNC2)cc1.Cl. The zero-order chi connectivity index (χ0) is 18.5. The highest BCUT2D eigenvalue weighted by Crippen LogP contribution is 2.23. The summed E-state index contributed by atoms with van der Waals surface area (Å²) in [5.74, 6) is 0.0350. The number of sulfone groups is 2.